The van der Waals surface area contributed by atoms with Crippen LogP contribution in [0.2, 0.25) is 5.02 Å². The Hall–Kier alpha value is -2.05. The fourth-order valence-electron chi connectivity index (χ4n) is 1.86. The van der Waals surface area contributed by atoms with Crippen molar-refractivity contribution in [1.29, 1.82) is 0 Å². The van der Waals surface area contributed by atoms with Crippen molar-refractivity contribution in [2.45, 2.75) is 13.8 Å². The summed E-state index contributed by atoms with van der Waals surface area (Å²) in [6.45, 7) is 3.42. The Morgan fingerprint density at radius 1 is 1.13 bits per heavy atom. The third-order valence-corrected chi connectivity index (χ3v) is 4.79. The molecule has 0 aliphatic carbocycles. The number of hydrogen-bond acceptors (Lipinski definition) is 3. The molecule has 2 aromatic rings. The van der Waals surface area contributed by atoms with Crippen LogP contribution in [-0.2, 0) is 10.0 Å². The van der Waals surface area contributed by atoms with Crippen molar-refractivity contribution in [3.05, 3.63) is 58.6 Å². The van der Waals surface area contributed by atoms with E-state index in [1.54, 1.807) is 43.3 Å². The second-order valence-corrected chi connectivity index (χ2v) is 7.44. The predicted molar refractivity (Wildman–Crippen MR) is 93.7 cm³/mol. The number of anilines is 2. The van der Waals surface area contributed by atoms with Gasteiger partial charge in [-0.25, -0.2) is 8.42 Å². The number of benzene rings is 2. The minimum Gasteiger partial charge on any atom is -0.322 e. The summed E-state index contributed by atoms with van der Waals surface area (Å²) >= 11 is 5.93. The Kier molecular flexibility index (Phi) is 5.28. The third-order valence-electron chi connectivity index (χ3n) is 3.25. The highest BCUT2D eigenvalue weighted by atomic mass is 35.5. The number of carbonyl (C=O) groups is 1. The molecule has 7 heteroatoms. The number of carbonyl (C=O) groups excluding carboxylic acids is 1. The number of aryl methyl sites for hydroxylation is 1. The Labute approximate surface area is 140 Å². The van der Waals surface area contributed by atoms with Crippen LogP contribution in [0, 0.1) is 6.92 Å². The van der Waals surface area contributed by atoms with E-state index >= 15 is 0 Å². The number of halogens is 1. The third kappa shape index (κ3) is 4.71. The average molecular weight is 353 g/mol. The first-order chi connectivity index (χ1) is 10.8. The van der Waals surface area contributed by atoms with Gasteiger partial charge in [-0.2, -0.15) is 0 Å². The lowest BCUT2D eigenvalue weighted by Gasteiger charge is -2.10. The van der Waals surface area contributed by atoms with Crippen molar-refractivity contribution in [2.75, 3.05) is 15.8 Å². The Morgan fingerprint density at radius 3 is 2.39 bits per heavy atom. The lowest BCUT2D eigenvalue weighted by atomic mass is 10.1. The molecule has 0 saturated heterocycles. The highest BCUT2D eigenvalue weighted by Crippen LogP contribution is 2.21. The molecular weight excluding hydrogens is 336 g/mol. The predicted octanol–water partition coefficient (Wildman–Crippen LogP) is 3.66. The smallest absolute Gasteiger partial charge is 0.255 e. The summed E-state index contributed by atoms with van der Waals surface area (Å²) in [4.78, 5) is 12.2. The molecule has 0 heterocycles. The molecule has 1 amide bonds. The topological polar surface area (TPSA) is 75.3 Å². The minimum atomic E-state index is -3.33. The molecule has 0 saturated carbocycles. The highest BCUT2D eigenvalue weighted by molar-refractivity contribution is 7.92. The zero-order valence-electron chi connectivity index (χ0n) is 12.8. The quantitative estimate of drug-likeness (QED) is 0.862. The molecule has 0 atom stereocenters. The zero-order valence-corrected chi connectivity index (χ0v) is 14.3. The summed E-state index contributed by atoms with van der Waals surface area (Å²) in [6, 6.07) is 11.5. The fourth-order valence-corrected chi connectivity index (χ4v) is 2.68. The van der Waals surface area contributed by atoms with Crippen molar-refractivity contribution < 1.29 is 13.2 Å². The second-order valence-electron chi connectivity index (χ2n) is 5.00. The molecule has 0 fully saturated rings. The van der Waals surface area contributed by atoms with Crippen molar-refractivity contribution in [3.63, 3.8) is 0 Å². The molecule has 0 aliphatic rings. The largest absolute Gasteiger partial charge is 0.322 e. The van der Waals surface area contributed by atoms with E-state index in [9.17, 15) is 13.2 Å². The maximum Gasteiger partial charge on any atom is 0.255 e. The monoisotopic (exact) mass is 352 g/mol. The zero-order chi connectivity index (χ0) is 17.0. The molecule has 23 heavy (non-hydrogen) atoms. The maximum absolute atomic E-state index is 12.2. The van der Waals surface area contributed by atoms with Gasteiger partial charge >= 0.3 is 0 Å². The lowest BCUT2D eigenvalue weighted by Crippen LogP contribution is -2.15. The van der Waals surface area contributed by atoms with Gasteiger partial charge in [0.2, 0.25) is 10.0 Å². The van der Waals surface area contributed by atoms with E-state index in [1.165, 1.54) is 0 Å². The van der Waals surface area contributed by atoms with E-state index in [1.807, 2.05) is 13.0 Å². The van der Waals surface area contributed by atoms with E-state index in [0.29, 0.717) is 22.0 Å². The standard InChI is InChI=1S/C16H17ClN2O3S/c1-3-23(21,22)19-14-8-5-12(6-9-14)16(20)18-15-10-13(17)7-4-11(15)2/h4-10,19H,3H2,1-2H3,(H,18,20). The molecule has 0 aliphatic heterocycles. The van der Waals surface area contributed by atoms with E-state index in [4.69, 9.17) is 11.6 Å². The molecule has 122 valence electrons. The molecule has 5 nitrogen and oxygen atoms in total. The van der Waals surface area contributed by atoms with Crippen molar-refractivity contribution >= 4 is 38.9 Å². The molecule has 2 rings (SSSR count). The molecule has 0 radical (unpaired) electrons. The van der Waals surface area contributed by atoms with Gasteiger partial charge in [0.25, 0.3) is 5.91 Å². The summed E-state index contributed by atoms with van der Waals surface area (Å²) in [7, 11) is -3.33. The summed E-state index contributed by atoms with van der Waals surface area (Å²) in [5.74, 6) is -0.302. The van der Waals surface area contributed by atoms with Gasteiger partial charge in [0.15, 0.2) is 0 Å². The van der Waals surface area contributed by atoms with Crippen LogP contribution in [0.1, 0.15) is 22.8 Å². The van der Waals surface area contributed by atoms with E-state index in [-0.39, 0.29) is 11.7 Å². The van der Waals surface area contributed by atoms with E-state index in [0.717, 1.165) is 5.56 Å². The van der Waals surface area contributed by atoms with Crippen LogP contribution in [0.5, 0.6) is 0 Å². The summed E-state index contributed by atoms with van der Waals surface area (Å²) in [6.07, 6.45) is 0. The van der Waals surface area contributed by atoms with Crippen LogP contribution in [0.25, 0.3) is 0 Å². The van der Waals surface area contributed by atoms with Gasteiger partial charge in [0, 0.05) is 22.0 Å². The van der Waals surface area contributed by atoms with Crippen molar-refractivity contribution in [2.24, 2.45) is 0 Å². The fraction of sp³-hybridized carbons (Fsp3) is 0.188. The van der Waals surface area contributed by atoms with Gasteiger partial charge < -0.3 is 5.32 Å². The first-order valence-corrected chi connectivity index (χ1v) is 9.02. The minimum absolute atomic E-state index is 0.0106. The lowest BCUT2D eigenvalue weighted by molar-refractivity contribution is 0.102. The Morgan fingerprint density at radius 2 is 1.78 bits per heavy atom. The summed E-state index contributed by atoms with van der Waals surface area (Å²) < 4.78 is 25.4. The van der Waals surface area contributed by atoms with Crippen LogP contribution in [0.3, 0.4) is 0 Å². The first-order valence-electron chi connectivity index (χ1n) is 6.99. The maximum atomic E-state index is 12.2. The molecular formula is C16H17ClN2O3S. The number of nitrogens with one attached hydrogen (secondary N) is 2. The van der Waals surface area contributed by atoms with Crippen LogP contribution in [0.4, 0.5) is 11.4 Å². The van der Waals surface area contributed by atoms with Crippen LogP contribution < -0.4 is 10.0 Å². The average Bonchev–Trinajstić information content (AvgIpc) is 2.51. The van der Waals surface area contributed by atoms with E-state index in [2.05, 4.69) is 10.0 Å². The molecule has 2 N–H and O–H groups in total. The van der Waals surface area contributed by atoms with Gasteiger partial charge in [-0.1, -0.05) is 17.7 Å². The van der Waals surface area contributed by atoms with Gasteiger partial charge in [-0.15, -0.1) is 0 Å². The van der Waals surface area contributed by atoms with Crippen LogP contribution in [0.15, 0.2) is 42.5 Å². The van der Waals surface area contributed by atoms with Crippen LogP contribution >= 0.6 is 11.6 Å². The summed E-state index contributed by atoms with van der Waals surface area (Å²) in [5.41, 5.74) is 2.37. The first kappa shape index (κ1) is 17.3. The molecule has 2 aromatic carbocycles. The number of sulfonamides is 1. The molecule has 0 bridgehead atoms. The molecule has 0 aromatic heterocycles. The molecule has 0 unspecified atom stereocenters. The normalized spacial score (nSPS) is 11.1. The summed E-state index contributed by atoms with van der Waals surface area (Å²) in [5, 5.41) is 3.32. The van der Waals surface area contributed by atoms with E-state index < -0.39 is 10.0 Å². The van der Waals surface area contributed by atoms with Gasteiger partial charge in [0.05, 0.1) is 5.75 Å². The SMILES string of the molecule is CCS(=O)(=O)Nc1ccc(C(=O)Nc2cc(Cl)ccc2C)cc1. The number of rotatable bonds is 5. The Bertz CT molecular complexity index is 818. The van der Waals surface area contributed by atoms with Gasteiger partial charge in [-0.3, -0.25) is 9.52 Å². The second kappa shape index (κ2) is 7.02. The molecule has 0 spiro atoms. The van der Waals surface area contributed by atoms with Crippen molar-refractivity contribution in [1.82, 2.24) is 0 Å². The van der Waals surface area contributed by atoms with Crippen molar-refractivity contribution in [3.8, 4) is 0 Å². The Balaban J connectivity index is 2.13. The number of amides is 1. The van der Waals surface area contributed by atoms with Gasteiger partial charge in [-0.05, 0) is 55.8 Å². The van der Waals surface area contributed by atoms with Crippen LogP contribution in [-0.4, -0.2) is 20.1 Å². The number of hydrogen-bond donors (Lipinski definition) is 2. The van der Waals surface area contributed by atoms with Gasteiger partial charge in [0.1, 0.15) is 0 Å². The highest BCUT2D eigenvalue weighted by Gasteiger charge is 2.10.